The van der Waals surface area contributed by atoms with Gasteiger partial charge < -0.3 is 26.7 Å². The van der Waals surface area contributed by atoms with E-state index in [1.807, 2.05) is 0 Å². The fourth-order valence-electron chi connectivity index (χ4n) is 1.73. The van der Waals surface area contributed by atoms with E-state index in [-0.39, 0.29) is 17.9 Å². The molecule has 0 radical (unpaired) electrons. The van der Waals surface area contributed by atoms with Gasteiger partial charge in [0.25, 0.3) is 5.91 Å². The first-order valence-electron chi connectivity index (χ1n) is 7.63. The van der Waals surface area contributed by atoms with E-state index in [2.05, 4.69) is 31.7 Å². The molecule has 0 heterocycles. The number of oxime groups is 1. The summed E-state index contributed by atoms with van der Waals surface area (Å²) in [5, 5.41) is 26.6. The number of carbonyl (C=O) groups is 3. The molecule has 0 aliphatic rings. The van der Waals surface area contributed by atoms with Crippen LogP contribution < -0.4 is 16.4 Å². The number of hydrogen-bond donors (Lipinski definition) is 5. The van der Waals surface area contributed by atoms with Gasteiger partial charge in [0.1, 0.15) is 11.5 Å². The second-order valence-corrected chi connectivity index (χ2v) is 8.59. The van der Waals surface area contributed by atoms with Crippen LogP contribution in [0.4, 0.5) is 0 Å². The molecule has 0 aliphatic carbocycles. The van der Waals surface area contributed by atoms with E-state index < -0.39 is 17.7 Å². The molecular weight excluding hydrogens is 460 g/mol. The second-order valence-electron chi connectivity index (χ2n) is 5.03. The van der Waals surface area contributed by atoms with Gasteiger partial charge in [-0.1, -0.05) is 32.8 Å². The molecule has 1 rings (SSSR count). The smallest absolute Gasteiger partial charge is 0.309 e. The Labute approximate surface area is 172 Å². The summed E-state index contributed by atoms with van der Waals surface area (Å²) in [5.41, 5.74) is 5.46. The fraction of sp³-hybridized carbons (Fsp3) is 0.333. The van der Waals surface area contributed by atoms with Crippen LogP contribution in [0.5, 0.6) is 5.75 Å². The quantitative estimate of drug-likeness (QED) is 0.0824. The molecule has 1 aromatic rings. The molecular formula is C15H19BrN4O5S2. The minimum absolute atomic E-state index is 0.0422. The van der Waals surface area contributed by atoms with Crippen LogP contribution in [-0.2, 0) is 20.8 Å². The minimum Gasteiger partial charge on any atom is -0.507 e. The molecule has 0 spiro atoms. The van der Waals surface area contributed by atoms with Crippen molar-refractivity contribution >= 4 is 61.0 Å². The Balaban J connectivity index is 2.23. The molecule has 0 saturated carbocycles. The van der Waals surface area contributed by atoms with Crippen LogP contribution in [0.25, 0.3) is 0 Å². The number of nitrogens with two attached hydrogens (primary N) is 1. The maximum Gasteiger partial charge on any atom is 0.309 e. The monoisotopic (exact) mass is 478 g/mol. The topological polar surface area (TPSA) is 154 Å². The van der Waals surface area contributed by atoms with Crippen molar-refractivity contribution in [1.29, 1.82) is 0 Å². The summed E-state index contributed by atoms with van der Waals surface area (Å²) in [4.78, 5) is 33.5. The number of phenols is 1. The maximum absolute atomic E-state index is 12.0. The van der Waals surface area contributed by atoms with Crippen molar-refractivity contribution in [3.8, 4) is 5.75 Å². The van der Waals surface area contributed by atoms with Crippen LogP contribution in [-0.4, -0.2) is 58.3 Å². The van der Waals surface area contributed by atoms with Crippen LogP contribution >= 0.6 is 37.5 Å². The molecule has 0 aromatic heterocycles. The molecule has 27 heavy (non-hydrogen) atoms. The summed E-state index contributed by atoms with van der Waals surface area (Å²) in [6, 6.07) is 4.74. The number of nitrogens with one attached hydrogen (secondary N) is 2. The third kappa shape index (κ3) is 9.02. The van der Waals surface area contributed by atoms with Gasteiger partial charge in [0.05, 0.1) is 4.47 Å². The number of rotatable bonds is 10. The zero-order valence-corrected chi connectivity index (χ0v) is 17.3. The van der Waals surface area contributed by atoms with Crippen molar-refractivity contribution < 1.29 is 24.7 Å². The van der Waals surface area contributed by atoms with Gasteiger partial charge in [0, 0.05) is 31.0 Å². The highest BCUT2D eigenvalue weighted by Gasteiger charge is 2.13. The Morgan fingerprint density at radius 3 is 2.22 bits per heavy atom. The van der Waals surface area contributed by atoms with Crippen molar-refractivity contribution in [3.05, 3.63) is 28.2 Å². The third-order valence-corrected chi connectivity index (χ3v) is 6.06. The Bertz CT molecular complexity index is 717. The van der Waals surface area contributed by atoms with Gasteiger partial charge in [-0.25, -0.2) is 0 Å². The molecule has 1 aromatic carbocycles. The Morgan fingerprint density at radius 1 is 1.11 bits per heavy atom. The molecule has 0 atom stereocenters. The van der Waals surface area contributed by atoms with Crippen molar-refractivity contribution in [2.75, 3.05) is 24.6 Å². The largest absolute Gasteiger partial charge is 0.507 e. The molecule has 0 bridgehead atoms. The zero-order valence-electron chi connectivity index (χ0n) is 14.1. The molecule has 0 aliphatic heterocycles. The van der Waals surface area contributed by atoms with Gasteiger partial charge in [-0.3, -0.25) is 14.4 Å². The predicted molar refractivity (Wildman–Crippen MR) is 109 cm³/mol. The fourth-order valence-corrected chi connectivity index (χ4v) is 3.97. The lowest BCUT2D eigenvalue weighted by atomic mass is 10.1. The van der Waals surface area contributed by atoms with Gasteiger partial charge in [0.2, 0.25) is 0 Å². The third-order valence-electron chi connectivity index (χ3n) is 3.02. The lowest BCUT2D eigenvalue weighted by Crippen LogP contribution is -2.37. The van der Waals surface area contributed by atoms with E-state index in [0.29, 0.717) is 34.6 Å². The average molecular weight is 479 g/mol. The minimum atomic E-state index is -1.02. The first kappa shape index (κ1) is 23.1. The van der Waals surface area contributed by atoms with Gasteiger partial charge in [0.15, 0.2) is 0 Å². The van der Waals surface area contributed by atoms with Gasteiger partial charge in [-0.15, -0.1) is 0 Å². The summed E-state index contributed by atoms with van der Waals surface area (Å²) in [6.45, 7) is 0.678. The number of aromatic hydroxyl groups is 1. The van der Waals surface area contributed by atoms with Crippen molar-refractivity contribution in [1.82, 2.24) is 10.6 Å². The van der Waals surface area contributed by atoms with Crippen LogP contribution in [0.2, 0.25) is 0 Å². The Hall–Kier alpha value is -1.92. The molecule has 0 fully saturated rings. The van der Waals surface area contributed by atoms with Gasteiger partial charge in [-0.2, -0.15) is 0 Å². The lowest BCUT2D eigenvalue weighted by molar-refractivity contribution is -0.137. The molecule has 12 heteroatoms. The first-order valence-corrected chi connectivity index (χ1v) is 10.9. The number of nitrogens with zero attached hydrogens (tertiary/aromatic N) is 1. The molecule has 148 valence electrons. The standard InChI is InChI=1S/C15H19BrN4O5S2/c16-10-7-9(1-2-12(10)21)8-11(20-25)14(23)18-3-5-26-27-6-4-19-15(24)13(17)22/h1-2,7,21,25H,3-6,8H2,(H2,17,22)(H,18,23)(H,19,24)/b20-11+. The number of hydrogen-bond acceptors (Lipinski definition) is 8. The molecule has 6 N–H and O–H groups in total. The molecule has 9 nitrogen and oxygen atoms in total. The summed E-state index contributed by atoms with van der Waals surface area (Å²) < 4.78 is 0.484. The van der Waals surface area contributed by atoms with E-state index in [1.54, 1.807) is 12.1 Å². The summed E-state index contributed by atoms with van der Waals surface area (Å²) >= 11 is 3.18. The zero-order chi connectivity index (χ0) is 20.2. The first-order chi connectivity index (χ1) is 12.8. The number of primary amides is 1. The van der Waals surface area contributed by atoms with Crippen LogP contribution in [0.3, 0.4) is 0 Å². The van der Waals surface area contributed by atoms with Crippen molar-refractivity contribution in [2.24, 2.45) is 10.9 Å². The average Bonchev–Trinajstić information content (AvgIpc) is 2.64. The normalized spacial score (nSPS) is 11.1. The highest BCUT2D eigenvalue weighted by atomic mass is 79.9. The van der Waals surface area contributed by atoms with E-state index >= 15 is 0 Å². The van der Waals surface area contributed by atoms with Gasteiger partial charge >= 0.3 is 11.8 Å². The number of benzene rings is 1. The van der Waals surface area contributed by atoms with Crippen LogP contribution in [0.15, 0.2) is 27.8 Å². The van der Waals surface area contributed by atoms with E-state index in [1.165, 1.54) is 27.7 Å². The molecule has 3 amide bonds. The number of phenolic OH excluding ortho intramolecular Hbond substituents is 1. The summed E-state index contributed by atoms with van der Waals surface area (Å²) in [6.07, 6.45) is 0.114. The maximum atomic E-state index is 12.0. The number of carbonyl (C=O) groups excluding carboxylic acids is 3. The van der Waals surface area contributed by atoms with E-state index in [4.69, 9.17) is 10.9 Å². The molecule has 0 unspecified atom stereocenters. The van der Waals surface area contributed by atoms with Crippen LogP contribution in [0, 0.1) is 0 Å². The highest BCUT2D eigenvalue weighted by molar-refractivity contribution is 9.10. The Kier molecular flexibility index (Phi) is 10.7. The lowest BCUT2D eigenvalue weighted by Gasteiger charge is -2.08. The number of amides is 3. The summed E-state index contributed by atoms with van der Waals surface area (Å²) in [5.74, 6) is -1.06. The SMILES string of the molecule is NC(=O)C(=O)NCCSSCCNC(=O)/C(Cc1ccc(O)c(Br)c1)=N/O. The Morgan fingerprint density at radius 2 is 1.70 bits per heavy atom. The highest BCUT2D eigenvalue weighted by Crippen LogP contribution is 2.24. The van der Waals surface area contributed by atoms with E-state index in [0.717, 1.165) is 0 Å². The van der Waals surface area contributed by atoms with Gasteiger partial charge in [-0.05, 0) is 33.6 Å². The number of halogens is 1. The second kappa shape index (κ2) is 12.5. The van der Waals surface area contributed by atoms with Crippen LogP contribution in [0.1, 0.15) is 5.56 Å². The summed E-state index contributed by atoms with van der Waals surface area (Å²) in [7, 11) is 2.95. The van der Waals surface area contributed by atoms with Crippen molar-refractivity contribution in [3.63, 3.8) is 0 Å². The molecule has 0 saturated heterocycles. The van der Waals surface area contributed by atoms with E-state index in [9.17, 15) is 19.5 Å². The predicted octanol–water partition coefficient (Wildman–Crippen LogP) is 0.627. The van der Waals surface area contributed by atoms with Crippen molar-refractivity contribution in [2.45, 2.75) is 6.42 Å².